The maximum atomic E-state index is 9.65. The van der Waals surface area contributed by atoms with Crippen molar-refractivity contribution in [3.05, 3.63) is 70.8 Å². The van der Waals surface area contributed by atoms with Gasteiger partial charge in [-0.3, -0.25) is 0 Å². The molecule has 0 spiro atoms. The van der Waals surface area contributed by atoms with E-state index < -0.39 is 0 Å². The fourth-order valence-corrected chi connectivity index (χ4v) is 2.20. The van der Waals surface area contributed by atoms with Crippen LogP contribution < -0.4 is 0 Å². The number of benzene rings is 2. The molecule has 2 aromatic carbocycles. The Morgan fingerprint density at radius 2 is 1.71 bits per heavy atom. The number of hydrogen-bond acceptors (Lipinski definition) is 1. The van der Waals surface area contributed by atoms with Crippen molar-refractivity contribution in [3.63, 3.8) is 0 Å². The molecule has 0 aliphatic rings. The summed E-state index contributed by atoms with van der Waals surface area (Å²) in [6.45, 7) is 4.33. The van der Waals surface area contributed by atoms with Crippen LogP contribution in [0, 0.1) is 13.8 Å². The molecule has 0 fully saturated rings. The van der Waals surface area contributed by atoms with Gasteiger partial charge in [0.2, 0.25) is 0 Å². The third-order valence-corrected chi connectivity index (χ3v) is 3.19. The van der Waals surface area contributed by atoms with E-state index in [2.05, 4.69) is 44.2 Å². The normalized spacial score (nSPS) is 12.4. The van der Waals surface area contributed by atoms with Crippen molar-refractivity contribution in [2.24, 2.45) is 0 Å². The van der Waals surface area contributed by atoms with E-state index >= 15 is 0 Å². The van der Waals surface area contributed by atoms with Gasteiger partial charge < -0.3 is 5.11 Å². The molecule has 0 saturated heterocycles. The molecule has 0 aromatic heterocycles. The minimum absolute atomic E-state index is 0.0797. The molecule has 0 heterocycles. The van der Waals surface area contributed by atoms with Crippen molar-refractivity contribution in [2.75, 3.05) is 6.61 Å². The smallest absolute Gasteiger partial charge is 0.0540 e. The third-order valence-electron chi connectivity index (χ3n) is 3.19. The Hall–Kier alpha value is -1.60. The van der Waals surface area contributed by atoms with Crippen LogP contribution in [-0.2, 0) is 0 Å². The van der Waals surface area contributed by atoms with Gasteiger partial charge in [0.15, 0.2) is 0 Å². The lowest BCUT2D eigenvalue weighted by molar-refractivity contribution is 0.280. The molecule has 0 radical (unpaired) electrons. The highest BCUT2D eigenvalue weighted by Gasteiger charge is 2.14. The van der Waals surface area contributed by atoms with E-state index in [-0.39, 0.29) is 12.5 Å². The van der Waals surface area contributed by atoms with Gasteiger partial charge in [-0.25, -0.2) is 0 Å². The Kier molecular flexibility index (Phi) is 3.60. The average molecular weight is 226 g/mol. The first-order valence-corrected chi connectivity index (χ1v) is 5.95. The maximum absolute atomic E-state index is 9.65. The highest BCUT2D eigenvalue weighted by Crippen LogP contribution is 2.27. The van der Waals surface area contributed by atoms with E-state index in [9.17, 15) is 5.11 Å². The number of aryl methyl sites for hydroxylation is 2. The van der Waals surface area contributed by atoms with E-state index in [4.69, 9.17) is 0 Å². The van der Waals surface area contributed by atoms with Crippen LogP contribution in [-0.4, -0.2) is 11.7 Å². The molecule has 0 aliphatic heterocycles. The molecular weight excluding hydrogens is 208 g/mol. The Balaban J connectivity index is 2.46. The summed E-state index contributed by atoms with van der Waals surface area (Å²) >= 11 is 0. The third kappa shape index (κ3) is 2.56. The van der Waals surface area contributed by atoms with Gasteiger partial charge in [-0.15, -0.1) is 0 Å². The van der Waals surface area contributed by atoms with Crippen LogP contribution in [0.5, 0.6) is 0 Å². The highest BCUT2D eigenvalue weighted by molar-refractivity contribution is 5.39. The van der Waals surface area contributed by atoms with Crippen LogP contribution in [0.25, 0.3) is 0 Å². The molecule has 1 nitrogen and oxygen atoms in total. The summed E-state index contributed by atoms with van der Waals surface area (Å²) in [5.74, 6) is 0.0797. The van der Waals surface area contributed by atoms with Gasteiger partial charge in [0, 0.05) is 5.92 Å². The Labute approximate surface area is 103 Å². The summed E-state index contributed by atoms with van der Waals surface area (Å²) in [4.78, 5) is 0. The predicted molar refractivity (Wildman–Crippen MR) is 71.3 cm³/mol. The molecule has 1 N–H and O–H groups in total. The molecule has 17 heavy (non-hydrogen) atoms. The zero-order valence-corrected chi connectivity index (χ0v) is 10.4. The van der Waals surface area contributed by atoms with Crippen LogP contribution in [0.15, 0.2) is 48.5 Å². The Morgan fingerprint density at radius 1 is 1.00 bits per heavy atom. The zero-order valence-electron chi connectivity index (χ0n) is 10.4. The minimum atomic E-state index is 0.0797. The van der Waals surface area contributed by atoms with E-state index in [1.165, 1.54) is 22.3 Å². The number of aliphatic hydroxyl groups excluding tert-OH is 1. The fraction of sp³-hybridized carbons (Fsp3) is 0.250. The SMILES string of the molecule is Cc1ccc(C)c(C(CO)c2ccccc2)c1. The van der Waals surface area contributed by atoms with E-state index in [1.807, 2.05) is 18.2 Å². The van der Waals surface area contributed by atoms with Crippen molar-refractivity contribution >= 4 is 0 Å². The Bertz CT molecular complexity index is 488. The molecule has 0 bridgehead atoms. The molecule has 1 heteroatoms. The summed E-state index contributed by atoms with van der Waals surface area (Å²) in [7, 11) is 0. The lowest BCUT2D eigenvalue weighted by Crippen LogP contribution is -2.08. The second kappa shape index (κ2) is 5.15. The maximum Gasteiger partial charge on any atom is 0.0540 e. The van der Waals surface area contributed by atoms with Gasteiger partial charge in [-0.1, -0.05) is 54.1 Å². The molecule has 0 amide bonds. The number of rotatable bonds is 3. The lowest BCUT2D eigenvalue weighted by atomic mass is 9.88. The van der Waals surface area contributed by atoms with E-state index in [0.29, 0.717) is 0 Å². The zero-order chi connectivity index (χ0) is 12.3. The lowest BCUT2D eigenvalue weighted by Gasteiger charge is -2.18. The average Bonchev–Trinajstić information content (AvgIpc) is 2.36. The fourth-order valence-electron chi connectivity index (χ4n) is 2.20. The minimum Gasteiger partial charge on any atom is -0.395 e. The van der Waals surface area contributed by atoms with Gasteiger partial charge >= 0.3 is 0 Å². The monoisotopic (exact) mass is 226 g/mol. The van der Waals surface area contributed by atoms with Crippen molar-refractivity contribution in [3.8, 4) is 0 Å². The standard InChI is InChI=1S/C16H18O/c1-12-8-9-13(2)15(10-12)16(11-17)14-6-4-3-5-7-14/h3-10,16-17H,11H2,1-2H3. The van der Waals surface area contributed by atoms with Crippen molar-refractivity contribution in [1.29, 1.82) is 0 Å². The molecule has 88 valence electrons. The van der Waals surface area contributed by atoms with E-state index in [1.54, 1.807) is 0 Å². The summed E-state index contributed by atoms with van der Waals surface area (Å²) in [6, 6.07) is 16.6. The topological polar surface area (TPSA) is 20.2 Å². The van der Waals surface area contributed by atoms with Crippen LogP contribution in [0.2, 0.25) is 0 Å². The van der Waals surface area contributed by atoms with E-state index in [0.717, 1.165) is 0 Å². The van der Waals surface area contributed by atoms with Crippen LogP contribution in [0.1, 0.15) is 28.2 Å². The van der Waals surface area contributed by atoms with Gasteiger partial charge in [0.05, 0.1) is 6.61 Å². The molecule has 2 rings (SSSR count). The number of hydrogen-bond donors (Lipinski definition) is 1. The van der Waals surface area contributed by atoms with Crippen molar-refractivity contribution in [1.82, 2.24) is 0 Å². The molecule has 1 unspecified atom stereocenters. The first-order valence-electron chi connectivity index (χ1n) is 5.95. The van der Waals surface area contributed by atoms with Crippen molar-refractivity contribution < 1.29 is 5.11 Å². The molecule has 0 saturated carbocycles. The first-order chi connectivity index (χ1) is 8.22. The molecule has 0 aliphatic carbocycles. The summed E-state index contributed by atoms with van der Waals surface area (Å²) in [6.07, 6.45) is 0. The van der Waals surface area contributed by atoms with Crippen LogP contribution >= 0.6 is 0 Å². The van der Waals surface area contributed by atoms with Crippen LogP contribution in [0.3, 0.4) is 0 Å². The number of aliphatic hydroxyl groups is 1. The largest absolute Gasteiger partial charge is 0.395 e. The predicted octanol–water partition coefficient (Wildman–Crippen LogP) is 3.43. The van der Waals surface area contributed by atoms with Gasteiger partial charge in [0.1, 0.15) is 0 Å². The second-order valence-corrected chi connectivity index (χ2v) is 4.51. The summed E-state index contributed by atoms with van der Waals surface area (Å²) < 4.78 is 0. The van der Waals surface area contributed by atoms with Crippen LogP contribution in [0.4, 0.5) is 0 Å². The molecule has 1 atom stereocenters. The molecular formula is C16H18O. The summed E-state index contributed by atoms with van der Waals surface area (Å²) in [5.41, 5.74) is 4.86. The first kappa shape index (κ1) is 11.9. The molecule has 2 aromatic rings. The Morgan fingerprint density at radius 3 is 2.35 bits per heavy atom. The summed E-state index contributed by atoms with van der Waals surface area (Å²) in [5, 5.41) is 9.65. The highest BCUT2D eigenvalue weighted by atomic mass is 16.3. The quantitative estimate of drug-likeness (QED) is 0.850. The van der Waals surface area contributed by atoms with Gasteiger partial charge in [0.25, 0.3) is 0 Å². The van der Waals surface area contributed by atoms with Gasteiger partial charge in [-0.05, 0) is 30.5 Å². The second-order valence-electron chi connectivity index (χ2n) is 4.51. The van der Waals surface area contributed by atoms with Gasteiger partial charge in [-0.2, -0.15) is 0 Å². The van der Waals surface area contributed by atoms with Crippen molar-refractivity contribution in [2.45, 2.75) is 19.8 Å².